The van der Waals surface area contributed by atoms with Crippen molar-refractivity contribution in [2.45, 2.75) is 46.0 Å². The van der Waals surface area contributed by atoms with Gasteiger partial charge in [0.1, 0.15) is 0 Å². The van der Waals surface area contributed by atoms with Crippen LogP contribution in [-0.2, 0) is 6.42 Å². The highest BCUT2D eigenvalue weighted by molar-refractivity contribution is 5.41. The second-order valence-electron chi connectivity index (χ2n) is 4.17. The second-order valence-corrected chi connectivity index (χ2v) is 4.17. The minimum absolute atomic E-state index is 0.465. The van der Waals surface area contributed by atoms with Gasteiger partial charge < -0.3 is 4.89 Å². The van der Waals surface area contributed by atoms with Gasteiger partial charge in [0.15, 0.2) is 5.75 Å². The molecule has 0 aliphatic rings. The zero-order valence-corrected chi connectivity index (χ0v) is 9.79. The van der Waals surface area contributed by atoms with Gasteiger partial charge in [-0.25, -0.2) is 5.26 Å². The quantitative estimate of drug-likeness (QED) is 0.585. The summed E-state index contributed by atoms with van der Waals surface area (Å²) in [6.07, 6.45) is 3.25. The number of unbranched alkanes of at least 4 members (excludes halogenated alkanes) is 1. The van der Waals surface area contributed by atoms with Gasteiger partial charge in [-0.2, -0.15) is 0 Å². The van der Waals surface area contributed by atoms with Gasteiger partial charge >= 0.3 is 0 Å². The van der Waals surface area contributed by atoms with Crippen LogP contribution in [0.5, 0.6) is 5.75 Å². The van der Waals surface area contributed by atoms with E-state index >= 15 is 0 Å². The maximum Gasteiger partial charge on any atom is 0.168 e. The molecule has 0 radical (unpaired) electrons. The summed E-state index contributed by atoms with van der Waals surface area (Å²) in [7, 11) is 0. The van der Waals surface area contributed by atoms with Crippen LogP contribution < -0.4 is 4.89 Å². The first-order chi connectivity index (χ1) is 7.20. The Morgan fingerprint density at radius 1 is 1.33 bits per heavy atom. The fourth-order valence-electron chi connectivity index (χ4n) is 1.83. The Hall–Kier alpha value is -1.02. The van der Waals surface area contributed by atoms with E-state index in [9.17, 15) is 0 Å². The molecule has 84 valence electrons. The lowest BCUT2D eigenvalue weighted by Crippen LogP contribution is -2.00. The van der Waals surface area contributed by atoms with Crippen molar-refractivity contribution >= 4 is 0 Å². The third-order valence-corrected chi connectivity index (χ3v) is 2.67. The first-order valence-corrected chi connectivity index (χ1v) is 5.63. The number of hydrogen-bond acceptors (Lipinski definition) is 2. The fourth-order valence-corrected chi connectivity index (χ4v) is 1.83. The largest absolute Gasteiger partial charge is 0.340 e. The zero-order chi connectivity index (χ0) is 11.3. The Labute approximate surface area is 91.8 Å². The van der Waals surface area contributed by atoms with Gasteiger partial charge in [0.05, 0.1) is 0 Å². The molecule has 0 fully saturated rings. The van der Waals surface area contributed by atoms with Crippen molar-refractivity contribution in [1.82, 2.24) is 0 Å². The topological polar surface area (TPSA) is 29.5 Å². The molecule has 2 heteroatoms. The lowest BCUT2D eigenvalue weighted by atomic mass is 9.93. The summed E-state index contributed by atoms with van der Waals surface area (Å²) in [6.45, 7) is 6.48. The maximum atomic E-state index is 8.82. The monoisotopic (exact) mass is 208 g/mol. The van der Waals surface area contributed by atoms with Gasteiger partial charge in [0.25, 0.3) is 0 Å². The molecule has 0 saturated heterocycles. The number of hydrogen-bond donors (Lipinski definition) is 1. The molecule has 0 bridgehead atoms. The molecule has 0 spiro atoms. The first kappa shape index (κ1) is 12.1. The van der Waals surface area contributed by atoms with Gasteiger partial charge in [0, 0.05) is 5.56 Å². The molecule has 0 heterocycles. The standard InChI is InChI=1S/C13H20O2/c1-4-5-7-12-11(10(2)3)8-6-9-13(12)15-14/h6,8-10,14H,4-5,7H2,1-3H3. The summed E-state index contributed by atoms with van der Waals surface area (Å²) in [4.78, 5) is 4.43. The summed E-state index contributed by atoms with van der Waals surface area (Å²) in [6, 6.07) is 5.85. The van der Waals surface area contributed by atoms with E-state index in [0.29, 0.717) is 11.7 Å². The predicted molar refractivity (Wildman–Crippen MR) is 62.4 cm³/mol. The fraction of sp³-hybridized carbons (Fsp3) is 0.538. The molecule has 0 saturated carbocycles. The lowest BCUT2D eigenvalue weighted by molar-refractivity contribution is -0.138. The van der Waals surface area contributed by atoms with Crippen LogP contribution in [0.3, 0.4) is 0 Å². The Kier molecular flexibility index (Phi) is 4.63. The molecule has 1 N–H and O–H groups in total. The molecular formula is C13H20O2. The molecular weight excluding hydrogens is 188 g/mol. The summed E-state index contributed by atoms with van der Waals surface area (Å²) < 4.78 is 0. The van der Waals surface area contributed by atoms with E-state index in [-0.39, 0.29) is 0 Å². The van der Waals surface area contributed by atoms with E-state index < -0.39 is 0 Å². The van der Waals surface area contributed by atoms with Gasteiger partial charge in [-0.3, -0.25) is 0 Å². The van der Waals surface area contributed by atoms with Crippen LogP contribution in [-0.4, -0.2) is 5.26 Å². The van der Waals surface area contributed by atoms with Crippen LogP contribution in [0.15, 0.2) is 18.2 Å². The molecule has 0 aliphatic heterocycles. The van der Waals surface area contributed by atoms with E-state index in [1.54, 1.807) is 0 Å². The van der Waals surface area contributed by atoms with Crippen LogP contribution in [0.1, 0.15) is 50.7 Å². The van der Waals surface area contributed by atoms with E-state index in [4.69, 9.17) is 5.26 Å². The summed E-state index contributed by atoms with van der Waals surface area (Å²) in [5.41, 5.74) is 2.42. The Morgan fingerprint density at radius 3 is 2.60 bits per heavy atom. The third-order valence-electron chi connectivity index (χ3n) is 2.67. The highest BCUT2D eigenvalue weighted by Crippen LogP contribution is 2.29. The average molecular weight is 208 g/mol. The van der Waals surface area contributed by atoms with E-state index in [0.717, 1.165) is 24.8 Å². The molecule has 0 aromatic heterocycles. The van der Waals surface area contributed by atoms with Crippen molar-refractivity contribution in [3.63, 3.8) is 0 Å². The minimum Gasteiger partial charge on any atom is -0.340 e. The van der Waals surface area contributed by atoms with Crippen LogP contribution in [0.2, 0.25) is 0 Å². The van der Waals surface area contributed by atoms with Crippen molar-refractivity contribution in [3.05, 3.63) is 29.3 Å². The van der Waals surface area contributed by atoms with Crippen LogP contribution in [0, 0.1) is 0 Å². The first-order valence-electron chi connectivity index (χ1n) is 5.63. The molecule has 0 unspecified atom stereocenters. The van der Waals surface area contributed by atoms with Crippen molar-refractivity contribution < 1.29 is 10.1 Å². The number of rotatable bonds is 5. The third kappa shape index (κ3) is 2.96. The Bertz CT molecular complexity index is 305. The summed E-state index contributed by atoms with van der Waals surface area (Å²) >= 11 is 0. The van der Waals surface area contributed by atoms with Crippen molar-refractivity contribution in [2.75, 3.05) is 0 Å². The highest BCUT2D eigenvalue weighted by atomic mass is 17.1. The van der Waals surface area contributed by atoms with E-state index in [2.05, 4.69) is 31.7 Å². The molecule has 1 rings (SSSR count). The molecule has 1 aromatic carbocycles. The van der Waals surface area contributed by atoms with Gasteiger partial charge in [-0.1, -0.05) is 39.3 Å². The predicted octanol–water partition coefficient (Wildman–Crippen LogP) is 4.00. The minimum atomic E-state index is 0.465. The maximum absolute atomic E-state index is 8.82. The van der Waals surface area contributed by atoms with Crippen LogP contribution >= 0.6 is 0 Å². The van der Waals surface area contributed by atoms with Crippen molar-refractivity contribution in [1.29, 1.82) is 0 Å². The molecule has 15 heavy (non-hydrogen) atoms. The lowest BCUT2D eigenvalue weighted by Gasteiger charge is -2.14. The molecule has 0 atom stereocenters. The number of benzene rings is 1. The summed E-state index contributed by atoms with van der Waals surface area (Å²) in [5, 5.41) is 8.82. The SMILES string of the molecule is CCCCc1c(OO)cccc1C(C)C. The van der Waals surface area contributed by atoms with Gasteiger partial charge in [-0.15, -0.1) is 0 Å². The zero-order valence-electron chi connectivity index (χ0n) is 9.79. The van der Waals surface area contributed by atoms with Crippen molar-refractivity contribution in [3.8, 4) is 5.75 Å². The highest BCUT2D eigenvalue weighted by Gasteiger charge is 2.11. The van der Waals surface area contributed by atoms with E-state index in [1.807, 2.05) is 12.1 Å². The average Bonchev–Trinajstić information content (AvgIpc) is 2.25. The molecule has 1 aromatic rings. The smallest absolute Gasteiger partial charge is 0.168 e. The normalized spacial score (nSPS) is 10.7. The van der Waals surface area contributed by atoms with Crippen LogP contribution in [0.4, 0.5) is 0 Å². The van der Waals surface area contributed by atoms with Gasteiger partial charge in [0.2, 0.25) is 0 Å². The summed E-state index contributed by atoms with van der Waals surface area (Å²) in [5.74, 6) is 1.07. The Balaban J connectivity index is 3.03. The molecule has 0 aliphatic carbocycles. The van der Waals surface area contributed by atoms with Gasteiger partial charge in [-0.05, 0) is 30.4 Å². The van der Waals surface area contributed by atoms with E-state index in [1.165, 1.54) is 5.56 Å². The Morgan fingerprint density at radius 2 is 2.07 bits per heavy atom. The van der Waals surface area contributed by atoms with Crippen LogP contribution in [0.25, 0.3) is 0 Å². The molecule has 2 nitrogen and oxygen atoms in total. The van der Waals surface area contributed by atoms with Crippen molar-refractivity contribution in [2.24, 2.45) is 0 Å². The molecule has 0 amide bonds. The second kappa shape index (κ2) is 5.76.